The van der Waals surface area contributed by atoms with Crippen LogP contribution in [0.2, 0.25) is 0 Å². The fraction of sp³-hybridized carbons (Fsp3) is 0.971. The molecule has 3 heterocycles. The molecule has 240 valence electrons. The Morgan fingerprint density at radius 3 is 1.49 bits per heavy atom. The number of fused-ring (bicyclic) bond motifs is 3. The monoisotopic (exact) mass is 582 g/mol. The maximum atomic E-state index is 12.4. The van der Waals surface area contributed by atoms with Gasteiger partial charge in [-0.05, 0) is 34.1 Å². The van der Waals surface area contributed by atoms with Crippen LogP contribution in [-0.2, 0) is 33.2 Å². The predicted molar refractivity (Wildman–Crippen MR) is 161 cm³/mol. The van der Waals surface area contributed by atoms with Gasteiger partial charge in [-0.2, -0.15) is 0 Å². The van der Waals surface area contributed by atoms with E-state index < -0.39 is 24.0 Å². The smallest absolute Gasteiger partial charge is 0.305 e. The summed E-state index contributed by atoms with van der Waals surface area (Å²) < 4.78 is 35.9. The third-order valence-corrected chi connectivity index (χ3v) is 8.64. The van der Waals surface area contributed by atoms with Crippen molar-refractivity contribution < 1.29 is 33.2 Å². The first-order chi connectivity index (χ1) is 19.7. The van der Waals surface area contributed by atoms with E-state index in [1.807, 2.05) is 27.7 Å². The topological polar surface area (TPSA) is 72.5 Å². The summed E-state index contributed by atoms with van der Waals surface area (Å²) in [5.41, 5.74) is 0. The van der Waals surface area contributed by atoms with Crippen LogP contribution in [0, 0.1) is 0 Å². The van der Waals surface area contributed by atoms with Crippen molar-refractivity contribution in [1.82, 2.24) is 0 Å². The molecule has 0 bridgehead atoms. The molecule has 3 aliphatic heterocycles. The molecule has 0 aromatic heterocycles. The summed E-state index contributed by atoms with van der Waals surface area (Å²) in [6.45, 7) is 9.89. The van der Waals surface area contributed by atoms with Crippen LogP contribution >= 0.6 is 0 Å². The van der Waals surface area contributed by atoms with Gasteiger partial charge in [0.2, 0.25) is 0 Å². The molecule has 0 unspecified atom stereocenters. The second-order valence-electron chi connectivity index (χ2n) is 13.5. The molecule has 7 heteroatoms. The van der Waals surface area contributed by atoms with Gasteiger partial charge in [0.05, 0.1) is 0 Å². The van der Waals surface area contributed by atoms with Crippen molar-refractivity contribution in [2.75, 3.05) is 6.61 Å². The molecule has 0 aliphatic carbocycles. The molecule has 0 aromatic rings. The summed E-state index contributed by atoms with van der Waals surface area (Å²) in [6, 6.07) is 0. The lowest BCUT2D eigenvalue weighted by molar-refractivity contribution is -0.242. The van der Waals surface area contributed by atoms with Gasteiger partial charge in [0.15, 0.2) is 17.9 Å². The molecule has 0 aromatic carbocycles. The molecule has 0 N–H and O–H groups in total. The largest absolute Gasteiger partial charge is 0.463 e. The van der Waals surface area contributed by atoms with E-state index >= 15 is 0 Å². The van der Waals surface area contributed by atoms with Crippen molar-refractivity contribution in [3.63, 3.8) is 0 Å². The minimum Gasteiger partial charge on any atom is -0.463 e. The Bertz CT molecular complexity index is 724. The standard InChI is InChI=1S/C34H62O7/c1-6-7-8-9-10-11-12-13-14-15-16-17-18-19-20-21-22-23-24-25-28(35)36-26-27-29-30(39-33(2,3)38-29)31-32(37-27)41-34(4,5)40-31/h27,29-32H,6-26H2,1-5H3/t27-,29-,30+,31+,32+/m0/s1. The number of hydrogen-bond acceptors (Lipinski definition) is 7. The van der Waals surface area contributed by atoms with Crippen LogP contribution in [0.15, 0.2) is 0 Å². The number of esters is 1. The lowest BCUT2D eigenvalue weighted by Gasteiger charge is -2.36. The maximum absolute atomic E-state index is 12.4. The summed E-state index contributed by atoms with van der Waals surface area (Å²) >= 11 is 0. The molecule has 0 spiro atoms. The zero-order chi connectivity index (χ0) is 29.6. The van der Waals surface area contributed by atoms with Gasteiger partial charge in [0.1, 0.15) is 31.0 Å². The fourth-order valence-electron chi connectivity index (χ4n) is 6.42. The molecule has 5 atom stereocenters. The number of rotatable bonds is 22. The average Bonchev–Trinajstić information content (AvgIpc) is 3.42. The number of carbonyl (C=O) groups excluding carboxylic acids is 1. The van der Waals surface area contributed by atoms with E-state index in [0.717, 1.165) is 12.8 Å². The summed E-state index contributed by atoms with van der Waals surface area (Å²) in [4.78, 5) is 12.4. The summed E-state index contributed by atoms with van der Waals surface area (Å²) in [6.07, 6.45) is 23.8. The Hall–Kier alpha value is -0.730. The van der Waals surface area contributed by atoms with Crippen molar-refractivity contribution in [2.24, 2.45) is 0 Å². The highest BCUT2D eigenvalue weighted by atomic mass is 16.9. The molecule has 3 rings (SSSR count). The summed E-state index contributed by atoms with van der Waals surface area (Å²) in [5, 5.41) is 0. The molecule has 3 fully saturated rings. The lowest BCUT2D eigenvalue weighted by Crippen LogP contribution is -2.56. The fourth-order valence-corrected chi connectivity index (χ4v) is 6.42. The van der Waals surface area contributed by atoms with Crippen LogP contribution in [-0.4, -0.2) is 54.9 Å². The van der Waals surface area contributed by atoms with E-state index in [9.17, 15) is 4.79 Å². The molecular formula is C34H62O7. The third kappa shape index (κ3) is 12.8. The number of unbranched alkanes of at least 4 members (excludes halogenated alkanes) is 18. The van der Waals surface area contributed by atoms with Crippen LogP contribution < -0.4 is 0 Å². The van der Waals surface area contributed by atoms with Gasteiger partial charge in [-0.1, -0.05) is 122 Å². The second-order valence-corrected chi connectivity index (χ2v) is 13.5. The van der Waals surface area contributed by atoms with Crippen molar-refractivity contribution in [3.05, 3.63) is 0 Å². The third-order valence-electron chi connectivity index (χ3n) is 8.64. The van der Waals surface area contributed by atoms with Crippen LogP contribution in [0.25, 0.3) is 0 Å². The van der Waals surface area contributed by atoms with Crippen LogP contribution in [0.3, 0.4) is 0 Å². The number of ether oxygens (including phenoxy) is 6. The highest BCUT2D eigenvalue weighted by Gasteiger charge is 2.60. The minimum absolute atomic E-state index is 0.131. The number of hydrogen-bond donors (Lipinski definition) is 0. The number of carbonyl (C=O) groups is 1. The average molecular weight is 583 g/mol. The van der Waals surface area contributed by atoms with Gasteiger partial charge >= 0.3 is 5.97 Å². The van der Waals surface area contributed by atoms with Crippen LogP contribution in [0.4, 0.5) is 0 Å². The molecule has 3 aliphatic rings. The van der Waals surface area contributed by atoms with Gasteiger partial charge in [0, 0.05) is 6.42 Å². The van der Waals surface area contributed by atoms with Crippen molar-refractivity contribution in [1.29, 1.82) is 0 Å². The Morgan fingerprint density at radius 2 is 0.976 bits per heavy atom. The predicted octanol–water partition coefficient (Wildman–Crippen LogP) is 8.75. The highest BCUT2D eigenvalue weighted by molar-refractivity contribution is 5.69. The lowest BCUT2D eigenvalue weighted by atomic mass is 9.99. The molecule has 0 radical (unpaired) electrons. The first-order valence-corrected chi connectivity index (χ1v) is 17.2. The van der Waals surface area contributed by atoms with Gasteiger partial charge in [-0.15, -0.1) is 0 Å². The van der Waals surface area contributed by atoms with Crippen LogP contribution in [0.5, 0.6) is 0 Å². The first-order valence-electron chi connectivity index (χ1n) is 17.2. The molecule has 0 saturated carbocycles. The normalized spacial score (nSPS) is 28.0. The van der Waals surface area contributed by atoms with Crippen molar-refractivity contribution in [3.8, 4) is 0 Å². The van der Waals surface area contributed by atoms with E-state index in [2.05, 4.69) is 6.92 Å². The van der Waals surface area contributed by atoms with E-state index in [0.29, 0.717) is 6.42 Å². The summed E-state index contributed by atoms with van der Waals surface area (Å²) in [7, 11) is 0. The molecule has 3 saturated heterocycles. The Morgan fingerprint density at radius 1 is 0.561 bits per heavy atom. The zero-order valence-electron chi connectivity index (χ0n) is 27.1. The van der Waals surface area contributed by atoms with Gasteiger partial charge in [-0.3, -0.25) is 4.79 Å². The highest BCUT2D eigenvalue weighted by Crippen LogP contribution is 2.44. The Kier molecular flexibility index (Phi) is 15.4. The van der Waals surface area contributed by atoms with E-state index in [1.165, 1.54) is 109 Å². The minimum atomic E-state index is -0.756. The van der Waals surface area contributed by atoms with Gasteiger partial charge in [0.25, 0.3) is 0 Å². The Balaban J connectivity index is 1.12. The molecular weight excluding hydrogens is 520 g/mol. The van der Waals surface area contributed by atoms with E-state index in [1.54, 1.807) is 0 Å². The molecule has 0 amide bonds. The summed E-state index contributed by atoms with van der Waals surface area (Å²) in [5.74, 6) is -1.69. The Labute approximate surface area is 251 Å². The van der Waals surface area contributed by atoms with E-state index in [-0.39, 0.29) is 30.9 Å². The zero-order valence-corrected chi connectivity index (χ0v) is 27.1. The SMILES string of the molecule is CCCCCCCCCCCCCCCCCCCCCC(=O)OC[C@@H]1O[C@@H]2OC(C)(C)O[C@@H]2[C@@H]2OC(C)(C)O[C@H]21. The second kappa shape index (κ2) is 18.2. The maximum Gasteiger partial charge on any atom is 0.305 e. The van der Waals surface area contributed by atoms with E-state index in [4.69, 9.17) is 28.4 Å². The van der Waals surface area contributed by atoms with Crippen molar-refractivity contribution >= 4 is 5.97 Å². The molecule has 41 heavy (non-hydrogen) atoms. The van der Waals surface area contributed by atoms with Crippen molar-refractivity contribution in [2.45, 2.75) is 205 Å². The first kappa shape index (κ1) is 34.8. The van der Waals surface area contributed by atoms with Gasteiger partial charge < -0.3 is 28.4 Å². The quantitative estimate of drug-likeness (QED) is 0.0933. The van der Waals surface area contributed by atoms with Gasteiger partial charge in [-0.25, -0.2) is 0 Å². The molecule has 7 nitrogen and oxygen atoms in total. The van der Waals surface area contributed by atoms with Crippen LogP contribution in [0.1, 0.15) is 163 Å².